The van der Waals surface area contributed by atoms with E-state index in [1.807, 2.05) is 68.7 Å². The fourth-order valence-electron chi connectivity index (χ4n) is 10.7. The Hall–Kier alpha value is -7.43. The molecule has 0 unspecified atom stereocenters. The molecule has 444 valence electrons. The molecule has 4 saturated heterocycles. The number of rotatable bonds is 18. The van der Waals surface area contributed by atoms with E-state index in [0.29, 0.717) is 101 Å². The van der Waals surface area contributed by atoms with Crippen LogP contribution in [0.25, 0.3) is 22.5 Å². The molecule has 8 heterocycles. The number of ether oxygens (including phenoxy) is 3. The average molecular weight is 1140 g/mol. The van der Waals surface area contributed by atoms with E-state index in [1.165, 1.54) is 4.90 Å². The van der Waals surface area contributed by atoms with Crippen molar-refractivity contribution in [2.24, 2.45) is 0 Å². The second-order valence-electron chi connectivity index (χ2n) is 23.6. The van der Waals surface area contributed by atoms with E-state index in [4.69, 9.17) is 14.2 Å². The molecule has 4 aromatic heterocycles. The molecule has 6 aromatic rings. The molecule has 0 bridgehead atoms. The molecule has 2 aromatic carbocycles. The number of carbonyl (C=O) groups is 3. The zero-order valence-corrected chi connectivity index (χ0v) is 49.2. The maximum Gasteiger partial charge on any atom is 0.410 e. The second kappa shape index (κ2) is 26.9. The highest BCUT2D eigenvalue weighted by Gasteiger charge is 2.36. The van der Waals surface area contributed by atoms with Crippen LogP contribution in [0.2, 0.25) is 0 Å². The predicted molar refractivity (Wildman–Crippen MR) is 313 cm³/mol. The normalized spacial score (nSPS) is 19.5. The van der Waals surface area contributed by atoms with Gasteiger partial charge in [-0.25, -0.2) is 33.5 Å². The first-order chi connectivity index (χ1) is 39.7. The van der Waals surface area contributed by atoms with Gasteiger partial charge in [0.25, 0.3) is 0 Å². The van der Waals surface area contributed by atoms with Crippen LogP contribution in [-0.2, 0) is 36.6 Å². The number of hydrogen-bond acceptors (Lipinski definition) is 15. The van der Waals surface area contributed by atoms with Gasteiger partial charge in [0.15, 0.2) is 0 Å². The van der Waals surface area contributed by atoms with Crippen molar-refractivity contribution >= 4 is 41.2 Å². The molecule has 4 fully saturated rings. The molecule has 0 aliphatic carbocycles. The van der Waals surface area contributed by atoms with Gasteiger partial charge in [0, 0.05) is 88.0 Å². The zero-order chi connectivity index (χ0) is 59.0. The van der Waals surface area contributed by atoms with Gasteiger partial charge in [-0.2, -0.15) is 10.2 Å². The van der Waals surface area contributed by atoms with E-state index < -0.39 is 30.1 Å². The molecular weight excluding hydrogens is 1060 g/mol. The van der Waals surface area contributed by atoms with Gasteiger partial charge in [0.1, 0.15) is 17.9 Å². The maximum absolute atomic E-state index is 15.1. The van der Waals surface area contributed by atoms with Crippen LogP contribution in [0.5, 0.6) is 0 Å². The van der Waals surface area contributed by atoms with E-state index in [9.17, 15) is 18.8 Å². The number of carbonyl (C=O) groups excluding carboxylic acids is 3. The number of nitrogens with zero attached hydrogens (tertiary/aromatic N) is 11. The van der Waals surface area contributed by atoms with Crippen LogP contribution < -0.4 is 16.0 Å². The second-order valence-corrected chi connectivity index (χ2v) is 23.6. The van der Waals surface area contributed by atoms with Gasteiger partial charge in [0.05, 0.1) is 78.2 Å². The summed E-state index contributed by atoms with van der Waals surface area (Å²) < 4.78 is 49.6. The molecular formula is C61H80F2N14O6. The summed E-state index contributed by atoms with van der Waals surface area (Å²) in [7, 11) is 0. The smallest absolute Gasteiger partial charge is 0.410 e. The highest BCUT2D eigenvalue weighted by Crippen LogP contribution is 2.30. The molecule has 0 spiro atoms. The Balaban J connectivity index is 0.000000202. The third-order valence-electron chi connectivity index (χ3n) is 15.1. The van der Waals surface area contributed by atoms with E-state index in [0.717, 1.165) is 51.3 Å². The number of benzene rings is 2. The van der Waals surface area contributed by atoms with Gasteiger partial charge in [-0.05, 0) is 141 Å². The predicted octanol–water partition coefficient (Wildman–Crippen LogP) is 9.31. The average Bonchev–Trinajstić information content (AvgIpc) is 4.34. The first-order valence-electron chi connectivity index (χ1n) is 29.0. The molecule has 3 amide bonds. The summed E-state index contributed by atoms with van der Waals surface area (Å²) in [6, 6.07) is 15.3. The van der Waals surface area contributed by atoms with Gasteiger partial charge in [-0.3, -0.25) is 19.0 Å². The van der Waals surface area contributed by atoms with Crippen molar-refractivity contribution in [3.8, 4) is 22.5 Å². The third-order valence-corrected chi connectivity index (χ3v) is 15.1. The summed E-state index contributed by atoms with van der Waals surface area (Å²) in [6.07, 6.45) is 11.6. The van der Waals surface area contributed by atoms with Crippen molar-refractivity contribution in [2.45, 2.75) is 155 Å². The quantitative estimate of drug-likeness (QED) is 0.0732. The Morgan fingerprint density at radius 1 is 0.663 bits per heavy atom. The van der Waals surface area contributed by atoms with Crippen molar-refractivity contribution < 1.29 is 37.4 Å². The van der Waals surface area contributed by atoms with Crippen LogP contribution in [0.4, 0.5) is 36.8 Å². The monoisotopic (exact) mass is 1140 g/mol. The summed E-state index contributed by atoms with van der Waals surface area (Å²) in [5.41, 5.74) is 8.68. The summed E-state index contributed by atoms with van der Waals surface area (Å²) in [4.78, 5) is 60.7. The first kappa shape index (κ1) is 60.2. The minimum Gasteiger partial charge on any atom is -0.444 e. The maximum atomic E-state index is 15.1. The number of piperidine rings is 2. The molecule has 4 atom stereocenters. The third kappa shape index (κ3) is 16.2. The molecule has 10 rings (SSSR count). The van der Waals surface area contributed by atoms with E-state index in [1.54, 1.807) is 67.3 Å². The van der Waals surface area contributed by atoms with Crippen LogP contribution in [0.15, 0.2) is 85.7 Å². The van der Waals surface area contributed by atoms with Crippen molar-refractivity contribution in [1.82, 2.24) is 59.5 Å². The molecule has 22 heteroatoms. The van der Waals surface area contributed by atoms with Gasteiger partial charge in [-0.1, -0.05) is 24.3 Å². The number of alkyl halides is 2. The Labute approximate surface area is 485 Å². The van der Waals surface area contributed by atoms with Crippen molar-refractivity contribution in [3.05, 3.63) is 108 Å². The minimum atomic E-state index is -1.28. The van der Waals surface area contributed by atoms with Gasteiger partial charge >= 0.3 is 6.09 Å². The summed E-state index contributed by atoms with van der Waals surface area (Å²) in [6.45, 7) is 21.7. The van der Waals surface area contributed by atoms with Crippen LogP contribution in [0.1, 0.15) is 108 Å². The molecule has 0 saturated carbocycles. The Morgan fingerprint density at radius 2 is 1.14 bits per heavy atom. The summed E-state index contributed by atoms with van der Waals surface area (Å²) in [5, 5.41) is 18.1. The van der Waals surface area contributed by atoms with E-state index in [2.05, 4.69) is 77.3 Å². The molecule has 0 radical (unpaired) electrons. The molecule has 83 heavy (non-hydrogen) atoms. The highest BCUT2D eigenvalue weighted by atomic mass is 19.1. The van der Waals surface area contributed by atoms with Gasteiger partial charge < -0.3 is 44.9 Å². The van der Waals surface area contributed by atoms with E-state index in [-0.39, 0.29) is 48.8 Å². The lowest BCUT2D eigenvalue weighted by atomic mass is 9.99. The van der Waals surface area contributed by atoms with Gasteiger partial charge in [-0.15, -0.1) is 0 Å². The van der Waals surface area contributed by atoms with Crippen LogP contribution in [-0.4, -0.2) is 167 Å². The van der Waals surface area contributed by atoms with Gasteiger partial charge in [0.2, 0.25) is 23.7 Å². The Bertz CT molecular complexity index is 3170. The molecule has 4 aliphatic rings. The number of hydrogen-bond donors (Lipinski definition) is 3. The number of aryl methyl sites for hydroxylation is 4. The fourth-order valence-corrected chi connectivity index (χ4v) is 10.7. The molecule has 20 nitrogen and oxygen atoms in total. The topological polar surface area (TPSA) is 212 Å². The minimum absolute atomic E-state index is 0.0470. The van der Waals surface area contributed by atoms with Crippen LogP contribution >= 0.6 is 0 Å². The number of amides is 3. The lowest BCUT2D eigenvalue weighted by Crippen LogP contribution is -2.55. The SMILES string of the molecule is Cc1cc(-c2ccnc(Nc3cnn([C@H]4CCN(C(=O)OC(C)(C)C)C[C@@H]4F)c3)n2)ccc1CCC(=O)N1CC(OC(C)C)C1.Cc1cc(-c2ccnc(Nc3cnn([C@H]4CCNC[C@@H]4F)c3)n2)ccc1CCC(=O)N1CC(OC(C)C)C1. The van der Waals surface area contributed by atoms with Crippen molar-refractivity contribution in [1.29, 1.82) is 0 Å². The first-order valence-corrected chi connectivity index (χ1v) is 29.0. The zero-order valence-electron chi connectivity index (χ0n) is 49.2. The van der Waals surface area contributed by atoms with Crippen LogP contribution in [0.3, 0.4) is 0 Å². The number of anilines is 4. The van der Waals surface area contributed by atoms with Crippen molar-refractivity contribution in [2.75, 3.05) is 63.0 Å². The highest BCUT2D eigenvalue weighted by molar-refractivity contribution is 5.78. The number of halogens is 2. The molecule has 4 aliphatic heterocycles. The lowest BCUT2D eigenvalue weighted by Gasteiger charge is -2.40. The number of nitrogens with one attached hydrogen (secondary N) is 3. The Kier molecular flexibility index (Phi) is 19.5. The number of likely N-dealkylation sites (tertiary alicyclic amines) is 3. The van der Waals surface area contributed by atoms with Crippen molar-refractivity contribution in [3.63, 3.8) is 0 Å². The largest absolute Gasteiger partial charge is 0.444 e. The number of aromatic nitrogens is 8. The lowest BCUT2D eigenvalue weighted by molar-refractivity contribution is -0.148. The van der Waals surface area contributed by atoms with Crippen LogP contribution in [0, 0.1) is 13.8 Å². The Morgan fingerprint density at radius 3 is 1.58 bits per heavy atom. The standard InChI is InChI=1S/C33H44FN7O4.C28H36FN7O2/c1-21(2)44-26-18-40(19-26)30(42)10-9-23-7-8-24(15-22(23)3)28-11-13-35-31(38-28)37-25-16-36-41(17-25)29-12-14-39(20-27(29)34)32(43)45-33(4,5)6;1-18(2)38-23-16-35(17-23)27(37)7-6-20-4-5-21(12-19(20)3)25-8-11-31-28(34-25)33-22-13-32-36(15-22)26-9-10-30-14-24(26)29/h7-8,11,13,15-17,21,26-27,29H,9-10,12,14,18-20H2,1-6H3,(H,35,37,38);4-5,8,11-13,15,18,23-24,26,30H,6-7,9-10,14,16-17H2,1-3H3,(H,31,33,34)/t27-,29-;24-,26-/m00/s1. The molecule has 3 N–H and O–H groups in total. The summed E-state index contributed by atoms with van der Waals surface area (Å²) in [5.74, 6) is 1.18. The fraction of sp³-hybridized carbons (Fsp3) is 0.525. The summed E-state index contributed by atoms with van der Waals surface area (Å²) >= 11 is 0. The van der Waals surface area contributed by atoms with E-state index >= 15 is 4.39 Å².